The third-order valence-electron chi connectivity index (χ3n) is 7.46. The molecule has 0 radical (unpaired) electrons. The van der Waals surface area contributed by atoms with Gasteiger partial charge >= 0.3 is 0 Å². The number of rotatable bonds is 9. The highest BCUT2D eigenvalue weighted by atomic mass is 16.7. The van der Waals surface area contributed by atoms with Gasteiger partial charge in [0.05, 0.1) is 34.5 Å². The first-order chi connectivity index (χ1) is 21.1. The Kier molecular flexibility index (Phi) is 9.59. The van der Waals surface area contributed by atoms with Gasteiger partial charge in [0.25, 0.3) is 0 Å². The van der Waals surface area contributed by atoms with Crippen molar-refractivity contribution < 1.29 is 68.2 Å². The maximum atomic E-state index is 13.4. The Bertz CT molecular complexity index is 1510. The lowest BCUT2D eigenvalue weighted by Gasteiger charge is -2.41. The van der Waals surface area contributed by atoms with Gasteiger partial charge in [-0.1, -0.05) is 0 Å². The quantitative estimate of drug-likeness (QED) is 0.171. The lowest BCUT2D eigenvalue weighted by atomic mass is 9.99. The molecule has 0 amide bonds. The zero-order chi connectivity index (χ0) is 31.7. The molecule has 2 aliphatic rings. The molecule has 3 heterocycles. The fourth-order valence-corrected chi connectivity index (χ4v) is 4.96. The average molecular weight is 623 g/mol. The monoisotopic (exact) mass is 622 g/mol. The Hall–Kier alpha value is -3.51. The topological polar surface area (TPSA) is 216 Å². The number of hydrogen-bond acceptors (Lipinski definition) is 15. The van der Waals surface area contributed by atoms with Gasteiger partial charge in [0.15, 0.2) is 23.2 Å². The van der Waals surface area contributed by atoms with Crippen LogP contribution in [0.4, 0.5) is 0 Å². The molecule has 0 saturated carbocycles. The van der Waals surface area contributed by atoms with Crippen LogP contribution in [0.2, 0.25) is 0 Å². The van der Waals surface area contributed by atoms with Crippen molar-refractivity contribution in [2.24, 2.45) is 0 Å². The maximum absolute atomic E-state index is 13.4. The Balaban J connectivity index is 1.42. The van der Waals surface area contributed by atoms with Crippen LogP contribution >= 0.6 is 0 Å². The largest absolute Gasteiger partial charge is 0.496 e. The molecule has 2 fully saturated rings. The van der Waals surface area contributed by atoms with Gasteiger partial charge in [-0.3, -0.25) is 4.79 Å². The van der Waals surface area contributed by atoms with E-state index in [4.69, 9.17) is 37.6 Å². The minimum Gasteiger partial charge on any atom is -0.496 e. The van der Waals surface area contributed by atoms with Crippen molar-refractivity contribution in [3.63, 3.8) is 0 Å². The third kappa shape index (κ3) is 6.19. The van der Waals surface area contributed by atoms with Crippen LogP contribution < -0.4 is 24.4 Å². The molecule has 15 nitrogen and oxygen atoms in total. The van der Waals surface area contributed by atoms with Gasteiger partial charge in [0, 0.05) is 23.8 Å². The number of fused-ring (bicyclic) bond motifs is 1. The second-order valence-corrected chi connectivity index (χ2v) is 10.3. The van der Waals surface area contributed by atoms with E-state index < -0.39 is 67.3 Å². The van der Waals surface area contributed by atoms with Gasteiger partial charge in [-0.05, 0) is 18.2 Å². The molecule has 44 heavy (non-hydrogen) atoms. The minimum absolute atomic E-state index is 0.0227. The van der Waals surface area contributed by atoms with Crippen molar-refractivity contribution in [1.82, 2.24) is 0 Å². The highest BCUT2D eigenvalue weighted by molar-refractivity contribution is 5.86. The molecular weight excluding hydrogens is 588 g/mol. The molecule has 2 aliphatic heterocycles. The zero-order valence-corrected chi connectivity index (χ0v) is 23.9. The molecule has 15 heteroatoms. The smallest absolute Gasteiger partial charge is 0.229 e. The lowest BCUT2D eigenvalue weighted by molar-refractivity contribution is -0.307. The summed E-state index contributed by atoms with van der Waals surface area (Å²) in [6, 6.07) is 9.07. The van der Waals surface area contributed by atoms with Gasteiger partial charge in [-0.25, -0.2) is 0 Å². The molecule has 240 valence electrons. The van der Waals surface area contributed by atoms with Crippen LogP contribution in [0.15, 0.2) is 45.6 Å². The van der Waals surface area contributed by atoms with Crippen LogP contribution in [-0.2, 0) is 14.2 Å². The van der Waals surface area contributed by atoms with E-state index in [9.17, 15) is 35.4 Å². The van der Waals surface area contributed by atoms with Gasteiger partial charge < -0.3 is 68.2 Å². The SMILES string of the molecule is COc1cc(OC2OC(COC3OCC(O)C(O)C3O)C(O)C(O)C2O)c2c(=O)cc(-c3ccc(OC)c(OC)c3)oc2c1. The highest BCUT2D eigenvalue weighted by Crippen LogP contribution is 2.36. The Morgan fingerprint density at radius 3 is 2.20 bits per heavy atom. The number of aliphatic hydroxyl groups is 6. The van der Waals surface area contributed by atoms with E-state index in [0.717, 1.165) is 0 Å². The van der Waals surface area contributed by atoms with Crippen molar-refractivity contribution in [2.75, 3.05) is 34.5 Å². The average Bonchev–Trinajstić information content (AvgIpc) is 3.03. The first-order valence-electron chi connectivity index (χ1n) is 13.6. The van der Waals surface area contributed by atoms with Crippen molar-refractivity contribution in [1.29, 1.82) is 0 Å². The first kappa shape index (κ1) is 31.9. The Morgan fingerprint density at radius 2 is 1.50 bits per heavy atom. The molecule has 3 aromatic rings. The third-order valence-corrected chi connectivity index (χ3v) is 7.46. The van der Waals surface area contributed by atoms with Crippen LogP contribution in [0, 0.1) is 0 Å². The van der Waals surface area contributed by atoms with E-state index in [1.54, 1.807) is 18.2 Å². The van der Waals surface area contributed by atoms with Crippen LogP contribution in [0.3, 0.4) is 0 Å². The molecule has 0 aliphatic carbocycles. The van der Waals surface area contributed by atoms with Crippen LogP contribution in [0.25, 0.3) is 22.3 Å². The van der Waals surface area contributed by atoms with Crippen molar-refractivity contribution >= 4 is 11.0 Å². The lowest BCUT2D eigenvalue weighted by Crippen LogP contribution is -2.61. The van der Waals surface area contributed by atoms with Gasteiger partial charge in [-0.15, -0.1) is 0 Å². The summed E-state index contributed by atoms with van der Waals surface area (Å²) in [5, 5.41) is 61.4. The van der Waals surface area contributed by atoms with Crippen LogP contribution in [0.1, 0.15) is 0 Å². The van der Waals surface area contributed by atoms with E-state index in [2.05, 4.69) is 0 Å². The van der Waals surface area contributed by atoms with E-state index >= 15 is 0 Å². The molecule has 9 unspecified atom stereocenters. The molecule has 2 saturated heterocycles. The van der Waals surface area contributed by atoms with Crippen molar-refractivity contribution in [3.05, 3.63) is 46.6 Å². The first-order valence-corrected chi connectivity index (χ1v) is 13.6. The minimum atomic E-state index is -1.77. The molecule has 5 rings (SSSR count). The molecule has 9 atom stereocenters. The Labute approximate surface area is 250 Å². The second kappa shape index (κ2) is 13.2. The predicted octanol–water partition coefficient (Wildman–Crippen LogP) is -0.872. The molecule has 0 bridgehead atoms. The standard InChI is InChI=1S/C29H34O15/c1-37-13-7-19-22(14(30)9-17(42-19)12-4-5-16(38-2)18(6-12)39-3)20(8-13)43-29-27(36)25(34)24(33)21(44-29)11-41-28-26(35)23(32)15(31)10-40-28/h4-9,15,21,23-29,31-36H,10-11H2,1-3H3. The van der Waals surface area contributed by atoms with Gasteiger partial charge in [-0.2, -0.15) is 0 Å². The molecule has 6 N–H and O–H groups in total. The van der Waals surface area contributed by atoms with E-state index in [-0.39, 0.29) is 34.8 Å². The van der Waals surface area contributed by atoms with Crippen molar-refractivity contribution in [2.45, 2.75) is 55.3 Å². The molecule has 2 aromatic carbocycles. The van der Waals surface area contributed by atoms with Gasteiger partial charge in [0.2, 0.25) is 6.29 Å². The summed E-state index contributed by atoms with van der Waals surface area (Å²) in [6.45, 7) is -0.797. The fourth-order valence-electron chi connectivity index (χ4n) is 4.96. The number of aliphatic hydroxyl groups excluding tert-OH is 6. The normalized spacial score (nSPS) is 30.6. The predicted molar refractivity (Wildman–Crippen MR) is 149 cm³/mol. The Morgan fingerprint density at radius 1 is 0.773 bits per heavy atom. The highest BCUT2D eigenvalue weighted by Gasteiger charge is 2.46. The molecular formula is C29H34O15. The van der Waals surface area contributed by atoms with E-state index in [1.165, 1.54) is 39.5 Å². The number of methoxy groups -OCH3 is 3. The zero-order valence-electron chi connectivity index (χ0n) is 23.9. The molecule has 1 aromatic heterocycles. The summed E-state index contributed by atoms with van der Waals surface area (Å²) >= 11 is 0. The summed E-state index contributed by atoms with van der Waals surface area (Å²) in [5.41, 5.74) is 0.0854. The second-order valence-electron chi connectivity index (χ2n) is 10.3. The van der Waals surface area contributed by atoms with Crippen LogP contribution in [-0.4, -0.2) is 120 Å². The van der Waals surface area contributed by atoms with Gasteiger partial charge in [0.1, 0.15) is 71.0 Å². The summed E-state index contributed by atoms with van der Waals surface area (Å²) in [4.78, 5) is 13.4. The fraction of sp³-hybridized carbons (Fsp3) is 0.483. The summed E-state index contributed by atoms with van der Waals surface area (Å²) in [6.07, 6.45) is -14.0. The maximum Gasteiger partial charge on any atom is 0.229 e. The number of ether oxygens (including phenoxy) is 7. The van der Waals surface area contributed by atoms with Crippen LogP contribution in [0.5, 0.6) is 23.0 Å². The summed E-state index contributed by atoms with van der Waals surface area (Å²) in [5.74, 6) is 1.23. The van der Waals surface area contributed by atoms with E-state index in [1.807, 2.05) is 0 Å². The number of hydrogen-bond donors (Lipinski definition) is 6. The summed E-state index contributed by atoms with van der Waals surface area (Å²) in [7, 11) is 4.36. The number of benzene rings is 2. The summed E-state index contributed by atoms with van der Waals surface area (Å²) < 4.78 is 44.2. The van der Waals surface area contributed by atoms with E-state index in [0.29, 0.717) is 17.1 Å². The van der Waals surface area contributed by atoms with Crippen molar-refractivity contribution in [3.8, 4) is 34.3 Å². The molecule has 0 spiro atoms.